The fourth-order valence-corrected chi connectivity index (χ4v) is 2.66. The minimum Gasteiger partial charge on any atom is -0.179 e. The molecule has 0 spiro atoms. The van der Waals surface area contributed by atoms with Crippen LogP contribution in [0.4, 0.5) is 0 Å². The molecule has 0 nitrogen and oxygen atoms in total. The molecule has 0 amide bonds. The van der Waals surface area contributed by atoms with Gasteiger partial charge >= 0.3 is 0 Å². The van der Waals surface area contributed by atoms with E-state index < -0.39 is 0 Å². The molecule has 12 heavy (non-hydrogen) atoms. The quantitative estimate of drug-likeness (QED) is 0.617. The van der Waals surface area contributed by atoms with Crippen molar-refractivity contribution in [2.24, 2.45) is 5.92 Å². The molecular formula is C10H22S2. The first-order chi connectivity index (χ1) is 5.74. The second kappa shape index (κ2) is 8.31. The van der Waals surface area contributed by atoms with E-state index >= 15 is 0 Å². The minimum atomic E-state index is 0.823. The molecule has 2 heteroatoms. The summed E-state index contributed by atoms with van der Waals surface area (Å²) in [4.78, 5) is 0. The maximum atomic E-state index is 4.37. The van der Waals surface area contributed by atoms with Crippen molar-refractivity contribution in [3.8, 4) is 0 Å². The number of thioether (sulfide) groups is 1. The molecule has 0 aromatic carbocycles. The number of thiol groups is 1. The van der Waals surface area contributed by atoms with Gasteiger partial charge in [0.15, 0.2) is 0 Å². The Morgan fingerprint density at radius 3 is 2.42 bits per heavy atom. The summed E-state index contributed by atoms with van der Waals surface area (Å²) in [6.07, 6.45) is 3.93. The first kappa shape index (κ1) is 12.7. The van der Waals surface area contributed by atoms with Crippen LogP contribution < -0.4 is 0 Å². The van der Waals surface area contributed by atoms with Crippen molar-refractivity contribution in [3.05, 3.63) is 0 Å². The summed E-state index contributed by atoms with van der Waals surface area (Å²) in [6.45, 7) is 6.82. The Kier molecular flexibility index (Phi) is 8.79. The molecule has 0 aliphatic carbocycles. The topological polar surface area (TPSA) is 0 Å². The lowest BCUT2D eigenvalue weighted by Crippen LogP contribution is -2.08. The van der Waals surface area contributed by atoms with Crippen LogP contribution in [0.5, 0.6) is 0 Å². The Hall–Kier alpha value is 0.700. The normalized spacial score (nSPS) is 16.0. The van der Waals surface area contributed by atoms with E-state index in [-0.39, 0.29) is 0 Å². The highest BCUT2D eigenvalue weighted by Gasteiger charge is 2.07. The highest BCUT2D eigenvalue weighted by atomic mass is 32.2. The third kappa shape index (κ3) is 6.24. The molecule has 2 unspecified atom stereocenters. The van der Waals surface area contributed by atoms with E-state index in [1.54, 1.807) is 0 Å². The van der Waals surface area contributed by atoms with E-state index in [2.05, 4.69) is 45.2 Å². The molecular weight excluding hydrogens is 184 g/mol. The van der Waals surface area contributed by atoms with Gasteiger partial charge in [-0.3, -0.25) is 0 Å². The molecule has 2 atom stereocenters. The van der Waals surface area contributed by atoms with E-state index in [0.717, 1.165) is 16.9 Å². The Bertz CT molecular complexity index is 93.8. The Labute approximate surface area is 87.3 Å². The van der Waals surface area contributed by atoms with Crippen molar-refractivity contribution in [3.63, 3.8) is 0 Å². The molecule has 0 aliphatic rings. The monoisotopic (exact) mass is 206 g/mol. The smallest absolute Gasteiger partial charge is 0.00162 e. The summed E-state index contributed by atoms with van der Waals surface area (Å²) in [6, 6.07) is 0. The zero-order valence-corrected chi connectivity index (χ0v) is 10.3. The second-order valence-electron chi connectivity index (χ2n) is 3.39. The van der Waals surface area contributed by atoms with Crippen molar-refractivity contribution < 1.29 is 0 Å². The van der Waals surface area contributed by atoms with Crippen molar-refractivity contribution in [2.75, 3.05) is 11.5 Å². The van der Waals surface area contributed by atoms with E-state index in [1.807, 2.05) is 0 Å². The van der Waals surface area contributed by atoms with Crippen LogP contribution in [0.2, 0.25) is 0 Å². The fourth-order valence-electron chi connectivity index (χ4n) is 1.05. The van der Waals surface area contributed by atoms with Gasteiger partial charge < -0.3 is 0 Å². The van der Waals surface area contributed by atoms with Crippen LogP contribution >= 0.6 is 24.4 Å². The zero-order valence-electron chi connectivity index (χ0n) is 8.55. The predicted octanol–water partition coefficient (Wildman–Crippen LogP) is 3.86. The Balaban J connectivity index is 3.43. The van der Waals surface area contributed by atoms with Gasteiger partial charge in [0.1, 0.15) is 0 Å². The first-order valence-electron chi connectivity index (χ1n) is 4.97. The van der Waals surface area contributed by atoms with Gasteiger partial charge in [-0.2, -0.15) is 24.4 Å². The molecule has 0 saturated heterocycles. The van der Waals surface area contributed by atoms with Gasteiger partial charge in [-0.15, -0.1) is 0 Å². The Morgan fingerprint density at radius 1 is 1.33 bits per heavy atom. The standard InChI is InChI=1S/C10H22S2/c1-4-6-10(7-11)8-12-9(3)5-2/h9-11H,4-8H2,1-3H3. The van der Waals surface area contributed by atoms with Gasteiger partial charge in [0.2, 0.25) is 0 Å². The lowest BCUT2D eigenvalue weighted by Gasteiger charge is -2.15. The van der Waals surface area contributed by atoms with Crippen LogP contribution in [0, 0.1) is 5.92 Å². The molecule has 0 heterocycles. The lowest BCUT2D eigenvalue weighted by atomic mass is 10.1. The second-order valence-corrected chi connectivity index (χ2v) is 5.23. The van der Waals surface area contributed by atoms with Gasteiger partial charge in [-0.05, 0) is 30.3 Å². The average molecular weight is 206 g/mol. The van der Waals surface area contributed by atoms with E-state index in [4.69, 9.17) is 0 Å². The molecule has 0 N–H and O–H groups in total. The van der Waals surface area contributed by atoms with E-state index in [9.17, 15) is 0 Å². The van der Waals surface area contributed by atoms with E-state index in [0.29, 0.717) is 0 Å². The van der Waals surface area contributed by atoms with Crippen LogP contribution in [0.15, 0.2) is 0 Å². The van der Waals surface area contributed by atoms with Crippen LogP contribution in [-0.2, 0) is 0 Å². The highest BCUT2D eigenvalue weighted by molar-refractivity contribution is 7.99. The van der Waals surface area contributed by atoms with Gasteiger partial charge in [0, 0.05) is 5.25 Å². The van der Waals surface area contributed by atoms with Crippen molar-refractivity contribution in [1.29, 1.82) is 0 Å². The molecule has 0 fully saturated rings. The molecule has 0 bridgehead atoms. The summed E-state index contributed by atoms with van der Waals surface area (Å²) < 4.78 is 0. The fraction of sp³-hybridized carbons (Fsp3) is 1.00. The molecule has 0 aliphatic heterocycles. The summed E-state index contributed by atoms with van der Waals surface area (Å²) in [5, 5.41) is 0.823. The van der Waals surface area contributed by atoms with Crippen molar-refractivity contribution >= 4 is 24.4 Å². The highest BCUT2D eigenvalue weighted by Crippen LogP contribution is 2.20. The number of hydrogen-bond acceptors (Lipinski definition) is 2. The third-order valence-electron chi connectivity index (χ3n) is 2.15. The van der Waals surface area contributed by atoms with Gasteiger partial charge in [0.05, 0.1) is 0 Å². The van der Waals surface area contributed by atoms with Crippen LogP contribution in [0.3, 0.4) is 0 Å². The van der Waals surface area contributed by atoms with Crippen LogP contribution in [0.25, 0.3) is 0 Å². The van der Waals surface area contributed by atoms with E-state index in [1.165, 1.54) is 25.0 Å². The first-order valence-corrected chi connectivity index (χ1v) is 6.65. The predicted molar refractivity (Wildman–Crippen MR) is 64.5 cm³/mol. The van der Waals surface area contributed by atoms with Gasteiger partial charge in [-0.25, -0.2) is 0 Å². The molecule has 74 valence electrons. The molecule has 0 rings (SSSR count). The molecule has 0 aromatic rings. The van der Waals surface area contributed by atoms with Gasteiger partial charge in [-0.1, -0.05) is 27.2 Å². The number of hydrogen-bond donors (Lipinski definition) is 1. The van der Waals surface area contributed by atoms with Crippen LogP contribution in [0.1, 0.15) is 40.0 Å². The summed E-state index contributed by atoms with van der Waals surface area (Å²) in [7, 11) is 0. The maximum Gasteiger partial charge on any atom is 0.00162 e. The maximum absolute atomic E-state index is 4.37. The average Bonchev–Trinajstić information content (AvgIpc) is 2.11. The molecule has 0 radical (unpaired) electrons. The van der Waals surface area contributed by atoms with Gasteiger partial charge in [0.25, 0.3) is 0 Å². The molecule has 0 aromatic heterocycles. The largest absolute Gasteiger partial charge is 0.179 e. The minimum absolute atomic E-state index is 0.823. The molecule has 0 saturated carbocycles. The lowest BCUT2D eigenvalue weighted by molar-refractivity contribution is 0.594. The summed E-state index contributed by atoms with van der Waals surface area (Å²) >= 11 is 6.47. The van der Waals surface area contributed by atoms with Crippen LogP contribution in [-0.4, -0.2) is 16.8 Å². The number of rotatable bonds is 7. The summed E-state index contributed by atoms with van der Waals surface area (Å²) in [5.41, 5.74) is 0. The SMILES string of the molecule is CCCC(CS)CSC(C)CC. The van der Waals surface area contributed by atoms with Crippen molar-refractivity contribution in [2.45, 2.75) is 45.3 Å². The zero-order chi connectivity index (χ0) is 9.40. The Morgan fingerprint density at radius 2 is 2.00 bits per heavy atom. The third-order valence-corrected chi connectivity index (χ3v) is 4.23. The summed E-state index contributed by atoms with van der Waals surface area (Å²) in [5.74, 6) is 3.18. The van der Waals surface area contributed by atoms with Crippen molar-refractivity contribution in [1.82, 2.24) is 0 Å².